The second-order valence-electron chi connectivity index (χ2n) is 23.8. The normalized spacial score (nSPS) is 13.7. The van der Waals surface area contributed by atoms with Crippen LogP contribution in [-0.2, 0) is 18.4 Å². The van der Waals surface area contributed by atoms with E-state index < -0.39 is 20.0 Å². The molecule has 0 aromatic rings. The number of aliphatic hydroxyl groups is 1. The van der Waals surface area contributed by atoms with Crippen molar-refractivity contribution in [3.63, 3.8) is 0 Å². The molecule has 0 rings (SSSR count). The highest BCUT2D eigenvalue weighted by molar-refractivity contribution is 7.45. The van der Waals surface area contributed by atoms with E-state index in [0.717, 1.165) is 38.5 Å². The summed E-state index contributed by atoms with van der Waals surface area (Å²) in [5.74, 6) is -0.156. The first-order chi connectivity index (χ1) is 35.0. The van der Waals surface area contributed by atoms with Gasteiger partial charge in [-0.25, -0.2) is 0 Å². The Morgan fingerprint density at radius 1 is 0.431 bits per heavy atom. The van der Waals surface area contributed by atoms with Crippen LogP contribution in [0.5, 0.6) is 0 Å². The van der Waals surface area contributed by atoms with Crippen molar-refractivity contribution in [1.82, 2.24) is 5.32 Å². The SMILES string of the molecule is CCCCCCCCCCCCCCCCCCCCCCCCCCCCCCCCCCCCCC(=O)N[C@@H](COP(=O)([O-])OCC[N+](C)(C)C)[C@H](O)CCCCCCCCCCCCCCCCC. The number of phosphoric ester groups is 1. The van der Waals surface area contributed by atoms with Crippen molar-refractivity contribution in [2.75, 3.05) is 40.9 Å². The van der Waals surface area contributed by atoms with Crippen LogP contribution in [0.15, 0.2) is 0 Å². The maximum atomic E-state index is 13.0. The molecule has 9 heteroatoms. The van der Waals surface area contributed by atoms with Crippen molar-refractivity contribution in [1.29, 1.82) is 0 Å². The van der Waals surface area contributed by atoms with E-state index in [1.165, 1.54) is 283 Å². The quantitative estimate of drug-likeness (QED) is 0.0357. The van der Waals surface area contributed by atoms with E-state index in [1.807, 2.05) is 21.1 Å². The van der Waals surface area contributed by atoms with Gasteiger partial charge in [0, 0.05) is 6.42 Å². The first kappa shape index (κ1) is 71.5. The number of likely N-dealkylation sites (N-methyl/N-ethyl adjacent to an activating group) is 1. The third kappa shape index (κ3) is 57.2. The fourth-order valence-electron chi connectivity index (χ4n) is 10.3. The topological polar surface area (TPSA) is 108 Å². The molecule has 2 N–H and O–H groups in total. The fourth-order valence-corrected chi connectivity index (χ4v) is 11.0. The van der Waals surface area contributed by atoms with Crippen LogP contribution >= 0.6 is 7.82 Å². The van der Waals surface area contributed by atoms with Crippen LogP contribution in [0.25, 0.3) is 0 Å². The van der Waals surface area contributed by atoms with Gasteiger partial charge in [0.25, 0.3) is 7.82 Å². The Morgan fingerprint density at radius 2 is 0.681 bits per heavy atom. The van der Waals surface area contributed by atoms with Gasteiger partial charge in [-0.15, -0.1) is 0 Å². The Kier molecular flexibility index (Phi) is 54.9. The molecule has 0 aliphatic rings. The number of carbonyl (C=O) groups is 1. The zero-order chi connectivity index (χ0) is 52.7. The maximum absolute atomic E-state index is 13.0. The summed E-state index contributed by atoms with van der Waals surface area (Å²) in [6, 6.07) is -0.795. The molecule has 0 fully saturated rings. The van der Waals surface area contributed by atoms with Gasteiger partial charge in [0.15, 0.2) is 0 Å². The van der Waals surface area contributed by atoms with Crippen molar-refractivity contribution in [3.8, 4) is 0 Å². The Morgan fingerprint density at radius 3 is 0.944 bits per heavy atom. The molecule has 0 bridgehead atoms. The van der Waals surface area contributed by atoms with E-state index in [-0.39, 0.29) is 19.1 Å². The van der Waals surface area contributed by atoms with Gasteiger partial charge < -0.3 is 28.8 Å². The molecule has 0 aromatic carbocycles. The fraction of sp³-hybridized carbons (Fsp3) is 0.984. The van der Waals surface area contributed by atoms with E-state index in [2.05, 4.69) is 19.2 Å². The Hall–Kier alpha value is -0.500. The second kappa shape index (κ2) is 55.3. The van der Waals surface area contributed by atoms with Crippen LogP contribution in [0, 0.1) is 0 Å². The molecule has 0 heterocycles. The van der Waals surface area contributed by atoms with Gasteiger partial charge >= 0.3 is 0 Å². The van der Waals surface area contributed by atoms with E-state index in [0.29, 0.717) is 23.9 Å². The average molecular weight is 1040 g/mol. The number of aliphatic hydroxyl groups excluding tert-OH is 1. The third-order valence-electron chi connectivity index (χ3n) is 15.3. The van der Waals surface area contributed by atoms with Crippen molar-refractivity contribution in [3.05, 3.63) is 0 Å². The summed E-state index contributed by atoms with van der Waals surface area (Å²) in [5, 5.41) is 14.0. The molecule has 0 saturated heterocycles. The van der Waals surface area contributed by atoms with E-state index in [4.69, 9.17) is 9.05 Å². The molecule has 0 aromatic heterocycles. The molecular formula is C63H129N2O6P. The lowest BCUT2D eigenvalue weighted by Gasteiger charge is -2.30. The van der Waals surface area contributed by atoms with Gasteiger partial charge in [0.1, 0.15) is 13.2 Å². The van der Waals surface area contributed by atoms with Gasteiger partial charge in [-0.3, -0.25) is 9.36 Å². The lowest BCUT2D eigenvalue weighted by molar-refractivity contribution is -0.870. The summed E-state index contributed by atoms with van der Waals surface area (Å²) in [6.07, 6.45) is 67.5. The Balaban J connectivity index is 3.89. The summed E-state index contributed by atoms with van der Waals surface area (Å²) < 4.78 is 23.4. The highest BCUT2D eigenvalue weighted by atomic mass is 31.2. The number of amides is 1. The van der Waals surface area contributed by atoms with E-state index in [1.54, 1.807) is 0 Å². The van der Waals surface area contributed by atoms with Crippen LogP contribution < -0.4 is 10.2 Å². The Bertz CT molecular complexity index is 1140. The number of rotatable bonds is 61. The molecule has 1 unspecified atom stereocenters. The highest BCUT2D eigenvalue weighted by Gasteiger charge is 2.24. The minimum atomic E-state index is -4.57. The molecule has 0 saturated carbocycles. The molecule has 0 aliphatic heterocycles. The molecule has 8 nitrogen and oxygen atoms in total. The largest absolute Gasteiger partial charge is 0.756 e. The van der Waals surface area contributed by atoms with Crippen molar-refractivity contribution in [2.24, 2.45) is 0 Å². The molecule has 1 amide bonds. The highest BCUT2D eigenvalue weighted by Crippen LogP contribution is 2.38. The predicted octanol–water partition coefficient (Wildman–Crippen LogP) is 19.4. The summed E-state index contributed by atoms with van der Waals surface area (Å²) in [4.78, 5) is 25.5. The summed E-state index contributed by atoms with van der Waals surface area (Å²) in [6.45, 7) is 4.78. The zero-order valence-corrected chi connectivity index (χ0v) is 50.3. The standard InChI is InChI=1S/C63H129N2O6P/c1-6-8-10-12-14-16-18-20-22-23-24-25-26-27-28-29-30-31-32-33-34-35-36-37-38-39-40-41-43-45-47-49-51-53-55-57-63(67)64-61(60-71-72(68,69)70-59-58-65(3,4)5)62(66)56-54-52-50-48-46-44-42-21-19-17-15-13-11-9-7-2/h61-62,66H,6-60H2,1-5H3,(H-,64,67,68,69)/t61-,62+/m0/s1. The number of unbranched alkanes of at least 4 members (excludes halogenated alkanes) is 48. The number of nitrogens with zero attached hydrogens (tertiary/aromatic N) is 1. The van der Waals surface area contributed by atoms with Crippen LogP contribution in [0.1, 0.15) is 348 Å². The van der Waals surface area contributed by atoms with Gasteiger partial charge in [-0.05, 0) is 12.8 Å². The first-order valence-electron chi connectivity index (χ1n) is 32.4. The molecule has 0 spiro atoms. The minimum absolute atomic E-state index is 0.0166. The molecule has 72 heavy (non-hydrogen) atoms. The van der Waals surface area contributed by atoms with Crippen LogP contribution in [-0.4, -0.2) is 68.5 Å². The van der Waals surface area contributed by atoms with Gasteiger partial charge in [-0.2, -0.15) is 0 Å². The number of phosphoric acid groups is 1. The van der Waals surface area contributed by atoms with E-state index >= 15 is 0 Å². The molecule has 432 valence electrons. The Labute approximate surface area is 450 Å². The minimum Gasteiger partial charge on any atom is -0.756 e. The lowest BCUT2D eigenvalue weighted by Crippen LogP contribution is -2.46. The predicted molar refractivity (Wildman–Crippen MR) is 312 cm³/mol. The number of hydrogen-bond donors (Lipinski definition) is 2. The number of quaternary nitrogens is 1. The number of carbonyl (C=O) groups excluding carboxylic acids is 1. The maximum Gasteiger partial charge on any atom is 0.268 e. The molecule has 0 aliphatic carbocycles. The number of nitrogens with one attached hydrogen (secondary N) is 1. The number of hydrogen-bond acceptors (Lipinski definition) is 6. The monoisotopic (exact) mass is 1040 g/mol. The van der Waals surface area contributed by atoms with Crippen LogP contribution in [0.3, 0.4) is 0 Å². The van der Waals surface area contributed by atoms with Crippen molar-refractivity contribution < 1.29 is 32.9 Å². The third-order valence-corrected chi connectivity index (χ3v) is 16.3. The van der Waals surface area contributed by atoms with Gasteiger partial charge in [0.05, 0.1) is 39.9 Å². The van der Waals surface area contributed by atoms with Crippen molar-refractivity contribution in [2.45, 2.75) is 360 Å². The van der Waals surface area contributed by atoms with Gasteiger partial charge in [-0.1, -0.05) is 328 Å². The van der Waals surface area contributed by atoms with Crippen LogP contribution in [0.4, 0.5) is 0 Å². The van der Waals surface area contributed by atoms with Crippen molar-refractivity contribution >= 4 is 13.7 Å². The van der Waals surface area contributed by atoms with Crippen LogP contribution in [0.2, 0.25) is 0 Å². The second-order valence-corrected chi connectivity index (χ2v) is 25.3. The average Bonchev–Trinajstić information content (AvgIpc) is 3.34. The summed E-state index contributed by atoms with van der Waals surface area (Å²) >= 11 is 0. The molecule has 0 radical (unpaired) electrons. The lowest BCUT2D eigenvalue weighted by atomic mass is 10.0. The first-order valence-corrected chi connectivity index (χ1v) is 33.8. The van der Waals surface area contributed by atoms with E-state index in [9.17, 15) is 19.4 Å². The molecular weight excluding hydrogens is 912 g/mol. The summed E-state index contributed by atoms with van der Waals surface area (Å²) in [5.41, 5.74) is 0. The molecule has 3 atom stereocenters. The smallest absolute Gasteiger partial charge is 0.268 e. The van der Waals surface area contributed by atoms with Gasteiger partial charge in [0.2, 0.25) is 5.91 Å². The summed E-state index contributed by atoms with van der Waals surface area (Å²) in [7, 11) is 1.33. The zero-order valence-electron chi connectivity index (χ0n) is 49.4.